The topological polar surface area (TPSA) is 87.6 Å². The molecule has 0 unspecified atom stereocenters. The number of carbonyl (C=O) groups is 1. The summed E-state index contributed by atoms with van der Waals surface area (Å²) >= 11 is 0. The highest BCUT2D eigenvalue weighted by atomic mass is 32.2. The highest BCUT2D eigenvalue weighted by Crippen LogP contribution is 2.21. The van der Waals surface area contributed by atoms with Gasteiger partial charge in [0.05, 0.1) is 16.8 Å². The SMILES string of the molecule is Cc1ccc(NS(=O)(=O)c2cccc(C(=O)N/N=C\c3cccc(F)c3)c2)c(C)c1. The van der Waals surface area contributed by atoms with Gasteiger partial charge in [-0.3, -0.25) is 9.52 Å². The molecule has 154 valence electrons. The highest BCUT2D eigenvalue weighted by molar-refractivity contribution is 7.92. The summed E-state index contributed by atoms with van der Waals surface area (Å²) in [6, 6.07) is 16.7. The zero-order chi connectivity index (χ0) is 21.7. The number of aryl methyl sites for hydroxylation is 2. The van der Waals surface area contributed by atoms with E-state index >= 15 is 0 Å². The quantitative estimate of drug-likeness (QED) is 0.462. The largest absolute Gasteiger partial charge is 0.279 e. The van der Waals surface area contributed by atoms with Gasteiger partial charge in [-0.1, -0.05) is 35.9 Å². The van der Waals surface area contributed by atoms with Gasteiger partial charge in [0.1, 0.15) is 5.82 Å². The lowest BCUT2D eigenvalue weighted by molar-refractivity contribution is 0.0955. The van der Waals surface area contributed by atoms with Crippen molar-refractivity contribution in [2.24, 2.45) is 5.10 Å². The van der Waals surface area contributed by atoms with Crippen LogP contribution in [0, 0.1) is 19.7 Å². The van der Waals surface area contributed by atoms with Crippen molar-refractivity contribution in [3.8, 4) is 0 Å². The molecule has 3 rings (SSSR count). The van der Waals surface area contributed by atoms with Gasteiger partial charge in [0.25, 0.3) is 15.9 Å². The fourth-order valence-corrected chi connectivity index (χ4v) is 3.93. The van der Waals surface area contributed by atoms with Gasteiger partial charge in [-0.05, 0) is 61.4 Å². The number of carbonyl (C=O) groups excluding carboxylic acids is 1. The molecule has 0 aliphatic carbocycles. The molecule has 0 bridgehead atoms. The maximum Gasteiger partial charge on any atom is 0.271 e. The molecule has 0 heterocycles. The van der Waals surface area contributed by atoms with E-state index in [9.17, 15) is 17.6 Å². The van der Waals surface area contributed by atoms with Crippen molar-refractivity contribution in [1.82, 2.24) is 5.43 Å². The van der Waals surface area contributed by atoms with Crippen LogP contribution in [-0.4, -0.2) is 20.5 Å². The summed E-state index contributed by atoms with van der Waals surface area (Å²) in [4.78, 5) is 12.3. The van der Waals surface area contributed by atoms with Crippen molar-refractivity contribution in [3.63, 3.8) is 0 Å². The predicted molar refractivity (Wildman–Crippen MR) is 115 cm³/mol. The van der Waals surface area contributed by atoms with E-state index in [0.29, 0.717) is 11.3 Å². The van der Waals surface area contributed by atoms with Crippen molar-refractivity contribution in [2.45, 2.75) is 18.7 Å². The van der Waals surface area contributed by atoms with Crippen LogP contribution in [0.15, 0.2) is 76.7 Å². The van der Waals surface area contributed by atoms with E-state index in [-0.39, 0.29) is 10.5 Å². The molecule has 0 spiro atoms. The van der Waals surface area contributed by atoms with Crippen LogP contribution >= 0.6 is 0 Å². The first-order valence-electron chi connectivity index (χ1n) is 9.04. The maximum atomic E-state index is 13.2. The Labute approximate surface area is 174 Å². The van der Waals surface area contributed by atoms with Gasteiger partial charge >= 0.3 is 0 Å². The van der Waals surface area contributed by atoms with E-state index in [1.165, 1.54) is 48.7 Å². The minimum absolute atomic E-state index is 0.0516. The number of benzene rings is 3. The monoisotopic (exact) mass is 425 g/mol. The fourth-order valence-electron chi connectivity index (χ4n) is 2.75. The van der Waals surface area contributed by atoms with E-state index in [4.69, 9.17) is 0 Å². The van der Waals surface area contributed by atoms with Gasteiger partial charge in [-0.2, -0.15) is 5.10 Å². The summed E-state index contributed by atoms with van der Waals surface area (Å²) in [5, 5.41) is 3.78. The first kappa shape index (κ1) is 21.2. The van der Waals surface area contributed by atoms with Gasteiger partial charge in [0.15, 0.2) is 0 Å². The van der Waals surface area contributed by atoms with Crippen LogP contribution in [-0.2, 0) is 10.0 Å². The molecular weight excluding hydrogens is 405 g/mol. The van der Waals surface area contributed by atoms with E-state index in [1.54, 1.807) is 12.1 Å². The summed E-state index contributed by atoms with van der Waals surface area (Å²) in [6.45, 7) is 3.73. The van der Waals surface area contributed by atoms with Gasteiger partial charge in [0, 0.05) is 5.56 Å². The summed E-state index contributed by atoms with van der Waals surface area (Å²) in [5.74, 6) is -1.01. The fraction of sp³-hybridized carbons (Fsp3) is 0.0909. The Balaban J connectivity index is 1.75. The second kappa shape index (κ2) is 8.87. The van der Waals surface area contributed by atoms with E-state index in [2.05, 4.69) is 15.2 Å². The minimum atomic E-state index is -3.88. The Bertz CT molecular complexity index is 1220. The molecule has 1 amide bonds. The Kier molecular flexibility index (Phi) is 6.27. The third-order valence-electron chi connectivity index (χ3n) is 4.26. The van der Waals surface area contributed by atoms with Crippen molar-refractivity contribution < 1.29 is 17.6 Å². The lowest BCUT2D eigenvalue weighted by Crippen LogP contribution is -2.19. The maximum absolute atomic E-state index is 13.2. The van der Waals surface area contributed by atoms with E-state index in [1.807, 2.05) is 26.0 Å². The average Bonchev–Trinajstić information content (AvgIpc) is 2.70. The molecule has 6 nitrogen and oxygen atoms in total. The Hall–Kier alpha value is -3.52. The molecule has 0 aliphatic rings. The number of sulfonamides is 1. The number of hydrogen-bond donors (Lipinski definition) is 2. The number of rotatable bonds is 6. The molecule has 30 heavy (non-hydrogen) atoms. The number of halogens is 1. The van der Waals surface area contributed by atoms with Gasteiger partial charge in [-0.15, -0.1) is 0 Å². The summed E-state index contributed by atoms with van der Waals surface area (Å²) < 4.78 is 41.2. The van der Waals surface area contributed by atoms with Gasteiger partial charge < -0.3 is 0 Å². The van der Waals surface area contributed by atoms with Crippen molar-refractivity contribution >= 4 is 27.8 Å². The molecule has 3 aromatic rings. The molecule has 0 atom stereocenters. The smallest absolute Gasteiger partial charge is 0.271 e. The number of anilines is 1. The molecule has 2 N–H and O–H groups in total. The molecule has 0 aromatic heterocycles. The second-order valence-electron chi connectivity index (χ2n) is 6.71. The first-order chi connectivity index (χ1) is 14.2. The highest BCUT2D eigenvalue weighted by Gasteiger charge is 2.17. The van der Waals surface area contributed by atoms with Crippen LogP contribution in [0.3, 0.4) is 0 Å². The number of nitrogens with one attached hydrogen (secondary N) is 2. The first-order valence-corrected chi connectivity index (χ1v) is 10.5. The average molecular weight is 425 g/mol. The Morgan fingerprint density at radius 2 is 1.77 bits per heavy atom. The zero-order valence-corrected chi connectivity index (χ0v) is 17.2. The van der Waals surface area contributed by atoms with Crippen LogP contribution in [0.2, 0.25) is 0 Å². The number of hydrazone groups is 1. The van der Waals surface area contributed by atoms with Gasteiger partial charge in [0.2, 0.25) is 0 Å². The third kappa shape index (κ3) is 5.30. The van der Waals surface area contributed by atoms with Crippen LogP contribution in [0.1, 0.15) is 27.0 Å². The number of nitrogens with zero attached hydrogens (tertiary/aromatic N) is 1. The Morgan fingerprint density at radius 1 is 1.00 bits per heavy atom. The van der Waals surface area contributed by atoms with Crippen molar-refractivity contribution in [3.05, 3.63) is 94.8 Å². The summed E-state index contributed by atoms with van der Waals surface area (Å²) in [5.41, 5.74) is 5.18. The van der Waals surface area contributed by atoms with Crippen LogP contribution in [0.25, 0.3) is 0 Å². The van der Waals surface area contributed by atoms with Crippen molar-refractivity contribution in [2.75, 3.05) is 4.72 Å². The van der Waals surface area contributed by atoms with Crippen molar-refractivity contribution in [1.29, 1.82) is 0 Å². The molecular formula is C22H20FN3O3S. The molecule has 3 aromatic carbocycles. The van der Waals surface area contributed by atoms with Crippen LogP contribution < -0.4 is 10.1 Å². The standard InChI is InChI=1S/C22H20FN3O3S/c1-15-9-10-21(16(2)11-15)26-30(28,29)20-8-4-6-18(13-20)22(27)25-24-14-17-5-3-7-19(23)12-17/h3-14,26H,1-2H3,(H,25,27)/b24-14-. The van der Waals surface area contributed by atoms with Crippen LogP contribution in [0.4, 0.5) is 10.1 Å². The predicted octanol–water partition coefficient (Wildman–Crippen LogP) is 4.01. The van der Waals surface area contributed by atoms with Gasteiger partial charge in [-0.25, -0.2) is 18.2 Å². The zero-order valence-electron chi connectivity index (χ0n) is 16.4. The summed E-state index contributed by atoms with van der Waals surface area (Å²) in [6.07, 6.45) is 1.29. The normalized spacial score (nSPS) is 11.4. The lowest BCUT2D eigenvalue weighted by Gasteiger charge is -2.12. The molecule has 0 saturated carbocycles. The second-order valence-corrected chi connectivity index (χ2v) is 8.39. The van der Waals surface area contributed by atoms with E-state index in [0.717, 1.165) is 11.1 Å². The summed E-state index contributed by atoms with van der Waals surface area (Å²) in [7, 11) is -3.88. The minimum Gasteiger partial charge on any atom is -0.279 e. The van der Waals surface area contributed by atoms with E-state index < -0.39 is 21.7 Å². The van der Waals surface area contributed by atoms with Crippen LogP contribution in [0.5, 0.6) is 0 Å². The molecule has 8 heteroatoms. The molecule has 0 aliphatic heterocycles. The molecule has 0 saturated heterocycles. The number of amides is 1. The molecule has 0 radical (unpaired) electrons. The third-order valence-corrected chi connectivity index (χ3v) is 5.62. The Morgan fingerprint density at radius 3 is 2.50 bits per heavy atom. The lowest BCUT2D eigenvalue weighted by atomic mass is 10.1. The molecule has 0 fully saturated rings. The number of hydrogen-bond acceptors (Lipinski definition) is 4.